The first-order valence-electron chi connectivity index (χ1n) is 6.70. The summed E-state index contributed by atoms with van der Waals surface area (Å²) in [4.78, 5) is 27.3. The third-order valence-corrected chi connectivity index (χ3v) is 3.60. The highest BCUT2D eigenvalue weighted by molar-refractivity contribution is 5.71. The molecule has 1 heterocycles. The highest BCUT2D eigenvalue weighted by Gasteiger charge is 2.16. The highest BCUT2D eigenvalue weighted by atomic mass is 16.4. The summed E-state index contributed by atoms with van der Waals surface area (Å²) >= 11 is 0. The van der Waals surface area contributed by atoms with Gasteiger partial charge >= 0.3 is 11.7 Å². The van der Waals surface area contributed by atoms with Crippen LogP contribution in [0.4, 0.5) is 0 Å². The Balaban J connectivity index is 2.77. The molecule has 110 valence electrons. The lowest BCUT2D eigenvalue weighted by atomic mass is 10.1. The minimum absolute atomic E-state index is 0.143. The topological polar surface area (TPSA) is 72.2 Å². The van der Waals surface area contributed by atoms with E-state index in [1.807, 2.05) is 32.0 Å². The van der Waals surface area contributed by atoms with E-state index in [0.717, 1.165) is 16.8 Å². The van der Waals surface area contributed by atoms with Gasteiger partial charge in [-0.1, -0.05) is 12.1 Å². The molecule has 1 aromatic heterocycles. The predicted octanol–water partition coefficient (Wildman–Crippen LogP) is 2.09. The fourth-order valence-corrected chi connectivity index (χ4v) is 2.45. The van der Waals surface area contributed by atoms with Crippen molar-refractivity contribution >= 4 is 5.97 Å². The van der Waals surface area contributed by atoms with Gasteiger partial charge in [0.05, 0.1) is 12.1 Å². The van der Waals surface area contributed by atoms with Gasteiger partial charge in [0.15, 0.2) is 0 Å². The van der Waals surface area contributed by atoms with E-state index in [2.05, 4.69) is 4.98 Å². The monoisotopic (exact) mass is 286 g/mol. The summed E-state index contributed by atoms with van der Waals surface area (Å²) in [7, 11) is 0. The van der Waals surface area contributed by atoms with Gasteiger partial charge in [0.25, 0.3) is 0 Å². The molecular weight excluding hydrogens is 268 g/mol. The van der Waals surface area contributed by atoms with Gasteiger partial charge < -0.3 is 5.11 Å². The van der Waals surface area contributed by atoms with E-state index in [1.54, 1.807) is 13.8 Å². The Morgan fingerprint density at radius 3 is 2.52 bits per heavy atom. The fraction of sp³-hybridized carbons (Fsp3) is 0.312. The van der Waals surface area contributed by atoms with Gasteiger partial charge in [-0.15, -0.1) is 0 Å². The Bertz CT molecular complexity index is 776. The van der Waals surface area contributed by atoms with E-state index in [0.29, 0.717) is 17.0 Å². The SMILES string of the molecule is Cc1ccc(C)c(-n2c(C)c(CC(=O)O)c(C)nc2=O)c1. The number of rotatable bonds is 3. The van der Waals surface area contributed by atoms with Gasteiger partial charge in [0.2, 0.25) is 0 Å². The smallest absolute Gasteiger partial charge is 0.352 e. The average molecular weight is 286 g/mol. The molecule has 1 aromatic carbocycles. The van der Waals surface area contributed by atoms with E-state index in [1.165, 1.54) is 4.57 Å². The van der Waals surface area contributed by atoms with Crippen molar-refractivity contribution in [3.05, 3.63) is 56.8 Å². The first-order chi connectivity index (χ1) is 9.81. The normalized spacial score (nSPS) is 10.7. The zero-order valence-electron chi connectivity index (χ0n) is 12.6. The summed E-state index contributed by atoms with van der Waals surface area (Å²) in [5, 5.41) is 9.03. The lowest BCUT2D eigenvalue weighted by Crippen LogP contribution is -2.27. The summed E-state index contributed by atoms with van der Waals surface area (Å²) < 4.78 is 1.49. The van der Waals surface area contributed by atoms with Crippen LogP contribution in [0.25, 0.3) is 5.69 Å². The molecule has 5 nitrogen and oxygen atoms in total. The second kappa shape index (κ2) is 5.52. The second-order valence-corrected chi connectivity index (χ2v) is 5.24. The van der Waals surface area contributed by atoms with Crippen LogP contribution < -0.4 is 5.69 Å². The van der Waals surface area contributed by atoms with Gasteiger partial charge in [-0.05, 0) is 44.9 Å². The number of benzene rings is 1. The quantitative estimate of drug-likeness (QED) is 0.937. The van der Waals surface area contributed by atoms with Crippen molar-refractivity contribution in [1.82, 2.24) is 9.55 Å². The number of nitrogens with zero attached hydrogens (tertiary/aromatic N) is 2. The van der Waals surface area contributed by atoms with Crippen molar-refractivity contribution in [2.45, 2.75) is 34.1 Å². The Morgan fingerprint density at radius 2 is 1.90 bits per heavy atom. The molecule has 21 heavy (non-hydrogen) atoms. The summed E-state index contributed by atoms with van der Waals surface area (Å²) in [5.74, 6) is -0.936. The van der Waals surface area contributed by atoms with Crippen LogP contribution in [0.3, 0.4) is 0 Å². The van der Waals surface area contributed by atoms with Gasteiger partial charge in [-0.2, -0.15) is 4.98 Å². The average Bonchev–Trinajstić information content (AvgIpc) is 2.38. The van der Waals surface area contributed by atoms with Gasteiger partial charge in [-0.3, -0.25) is 9.36 Å². The van der Waals surface area contributed by atoms with Gasteiger partial charge in [0.1, 0.15) is 0 Å². The van der Waals surface area contributed by atoms with Crippen LogP contribution in [-0.4, -0.2) is 20.6 Å². The van der Waals surface area contributed by atoms with E-state index < -0.39 is 5.97 Å². The number of aliphatic carboxylic acids is 1. The first kappa shape index (κ1) is 15.0. The van der Waals surface area contributed by atoms with E-state index in [4.69, 9.17) is 5.11 Å². The number of aryl methyl sites for hydroxylation is 3. The first-order valence-corrected chi connectivity index (χ1v) is 6.70. The minimum Gasteiger partial charge on any atom is -0.481 e. The van der Waals surface area contributed by atoms with Crippen molar-refractivity contribution in [2.24, 2.45) is 0 Å². The number of hydrogen-bond acceptors (Lipinski definition) is 3. The molecule has 0 saturated heterocycles. The van der Waals surface area contributed by atoms with Crippen LogP contribution in [-0.2, 0) is 11.2 Å². The number of carbonyl (C=O) groups is 1. The van der Waals surface area contributed by atoms with Crippen molar-refractivity contribution in [3.8, 4) is 5.69 Å². The van der Waals surface area contributed by atoms with Crippen LogP contribution in [0.2, 0.25) is 0 Å². The molecule has 1 N–H and O–H groups in total. The third kappa shape index (κ3) is 2.86. The lowest BCUT2D eigenvalue weighted by Gasteiger charge is -2.16. The maximum absolute atomic E-state index is 12.3. The lowest BCUT2D eigenvalue weighted by molar-refractivity contribution is -0.136. The molecule has 0 unspecified atom stereocenters. The van der Waals surface area contributed by atoms with E-state index in [9.17, 15) is 9.59 Å². The summed E-state index contributed by atoms with van der Waals surface area (Å²) in [6, 6.07) is 5.82. The number of carboxylic acids is 1. The molecular formula is C16H18N2O3. The third-order valence-electron chi connectivity index (χ3n) is 3.60. The number of hydrogen-bond donors (Lipinski definition) is 1. The molecule has 0 saturated carbocycles. The van der Waals surface area contributed by atoms with Crippen molar-refractivity contribution in [1.29, 1.82) is 0 Å². The molecule has 0 fully saturated rings. The van der Waals surface area contributed by atoms with E-state index in [-0.39, 0.29) is 12.1 Å². The Labute approximate surface area is 122 Å². The van der Waals surface area contributed by atoms with Crippen LogP contribution in [0, 0.1) is 27.7 Å². The summed E-state index contributed by atoms with van der Waals surface area (Å²) in [6.45, 7) is 7.29. The summed E-state index contributed by atoms with van der Waals surface area (Å²) in [5.41, 5.74) is 4.03. The second-order valence-electron chi connectivity index (χ2n) is 5.24. The molecule has 2 rings (SSSR count). The molecule has 0 bridgehead atoms. The minimum atomic E-state index is -0.936. The largest absolute Gasteiger partial charge is 0.481 e. The molecule has 0 spiro atoms. The zero-order valence-corrected chi connectivity index (χ0v) is 12.6. The van der Waals surface area contributed by atoms with Crippen LogP contribution in [0.5, 0.6) is 0 Å². The molecule has 5 heteroatoms. The van der Waals surface area contributed by atoms with Gasteiger partial charge in [0, 0.05) is 17.0 Å². The molecule has 0 aliphatic carbocycles. The molecule has 0 aliphatic heterocycles. The van der Waals surface area contributed by atoms with Crippen molar-refractivity contribution < 1.29 is 9.90 Å². The standard InChI is InChI=1S/C16H18N2O3/c1-9-5-6-10(2)14(7-9)18-12(4)13(8-15(19)20)11(3)17-16(18)21/h5-7H,8H2,1-4H3,(H,19,20). The van der Waals surface area contributed by atoms with E-state index >= 15 is 0 Å². The Kier molecular flexibility index (Phi) is 3.93. The van der Waals surface area contributed by atoms with Crippen LogP contribution in [0.1, 0.15) is 28.1 Å². The molecule has 0 radical (unpaired) electrons. The maximum atomic E-state index is 12.3. The van der Waals surface area contributed by atoms with Crippen molar-refractivity contribution in [3.63, 3.8) is 0 Å². The molecule has 0 aliphatic rings. The Hall–Kier alpha value is -2.43. The summed E-state index contributed by atoms with van der Waals surface area (Å²) in [6.07, 6.45) is -0.143. The number of carboxylic acid groups (broad SMARTS) is 1. The molecule has 0 amide bonds. The van der Waals surface area contributed by atoms with Crippen LogP contribution >= 0.6 is 0 Å². The predicted molar refractivity (Wildman–Crippen MR) is 80.1 cm³/mol. The van der Waals surface area contributed by atoms with Crippen LogP contribution in [0.15, 0.2) is 23.0 Å². The zero-order chi connectivity index (χ0) is 15.7. The number of aromatic nitrogens is 2. The molecule has 0 atom stereocenters. The maximum Gasteiger partial charge on any atom is 0.352 e. The van der Waals surface area contributed by atoms with Crippen molar-refractivity contribution in [2.75, 3.05) is 0 Å². The fourth-order valence-electron chi connectivity index (χ4n) is 2.45. The van der Waals surface area contributed by atoms with Gasteiger partial charge in [-0.25, -0.2) is 4.79 Å². The molecule has 2 aromatic rings. The highest BCUT2D eigenvalue weighted by Crippen LogP contribution is 2.19. The Morgan fingerprint density at radius 1 is 1.24 bits per heavy atom.